The molecule has 0 aliphatic carbocycles. The molecule has 42 heavy (non-hydrogen) atoms. The topological polar surface area (TPSA) is 119 Å². The zero-order chi connectivity index (χ0) is 29.4. The van der Waals surface area contributed by atoms with E-state index in [0.717, 1.165) is 28.7 Å². The zero-order valence-corrected chi connectivity index (χ0v) is 21.9. The fraction of sp³-hybridized carbons (Fsp3) is 0.115. The molecular weight excluding hydrogens is 580 g/mol. The molecule has 11 nitrogen and oxygen atoms in total. The molecule has 1 atom stereocenters. The molecule has 212 valence electrons. The molecule has 0 aliphatic heterocycles. The Hall–Kier alpha value is -5.18. The van der Waals surface area contributed by atoms with Gasteiger partial charge in [-0.15, -0.1) is 5.10 Å². The van der Waals surface area contributed by atoms with Crippen molar-refractivity contribution in [2.24, 2.45) is 0 Å². The second kappa shape index (κ2) is 10.7. The van der Waals surface area contributed by atoms with Crippen molar-refractivity contribution in [2.75, 3.05) is 0 Å². The minimum atomic E-state index is -4.68. The van der Waals surface area contributed by atoms with Gasteiger partial charge in [0.25, 0.3) is 0 Å². The molecule has 5 aromatic heterocycles. The third-order valence-electron chi connectivity index (χ3n) is 6.53. The monoisotopic (exact) mass is 596 g/mol. The van der Waals surface area contributed by atoms with Gasteiger partial charge in [0.1, 0.15) is 12.0 Å². The summed E-state index contributed by atoms with van der Waals surface area (Å²) < 4.78 is 60.2. The summed E-state index contributed by atoms with van der Waals surface area (Å²) >= 11 is 6.04. The number of halogens is 5. The van der Waals surface area contributed by atoms with Crippen molar-refractivity contribution in [2.45, 2.75) is 18.8 Å². The van der Waals surface area contributed by atoms with Gasteiger partial charge in [0, 0.05) is 36.4 Å². The lowest BCUT2D eigenvalue weighted by Gasteiger charge is -2.20. The first-order chi connectivity index (χ1) is 20.2. The minimum absolute atomic E-state index is 0.0261. The van der Waals surface area contributed by atoms with Crippen LogP contribution in [-0.2, 0) is 12.7 Å². The Morgan fingerprint density at radius 3 is 2.48 bits per heavy atom. The summed E-state index contributed by atoms with van der Waals surface area (Å²) in [5, 5.41) is 32.5. The van der Waals surface area contributed by atoms with Gasteiger partial charge in [0.05, 0.1) is 34.6 Å². The summed E-state index contributed by atoms with van der Waals surface area (Å²) in [4.78, 5) is 3.98. The first-order valence-corrected chi connectivity index (χ1v) is 12.6. The highest BCUT2D eigenvalue weighted by molar-refractivity contribution is 6.31. The molecule has 1 unspecified atom stereocenters. The van der Waals surface area contributed by atoms with Crippen molar-refractivity contribution in [1.29, 1.82) is 0 Å². The minimum Gasteiger partial charge on any atom is -0.618 e. The fourth-order valence-corrected chi connectivity index (χ4v) is 4.73. The first kappa shape index (κ1) is 27.0. The molecule has 0 saturated heterocycles. The Kier molecular flexibility index (Phi) is 6.86. The summed E-state index contributed by atoms with van der Waals surface area (Å²) in [5.74, 6) is -0.811. The molecular formula is C26H17ClF4N10O. The van der Waals surface area contributed by atoms with Crippen molar-refractivity contribution in [3.8, 4) is 27.9 Å². The number of hydrogen-bond donors (Lipinski definition) is 0. The molecule has 0 N–H and O–H groups in total. The number of hydrogen-bond acceptors (Lipinski definition) is 7. The van der Waals surface area contributed by atoms with E-state index in [1.165, 1.54) is 46.2 Å². The summed E-state index contributed by atoms with van der Waals surface area (Å²) in [6.07, 6.45) is 5.02. The van der Waals surface area contributed by atoms with Gasteiger partial charge >= 0.3 is 6.18 Å². The van der Waals surface area contributed by atoms with Crippen LogP contribution in [0, 0.1) is 11.0 Å². The van der Waals surface area contributed by atoms with E-state index in [4.69, 9.17) is 11.6 Å². The second-order valence-corrected chi connectivity index (χ2v) is 9.44. The van der Waals surface area contributed by atoms with Crippen LogP contribution >= 0.6 is 11.6 Å². The van der Waals surface area contributed by atoms with Gasteiger partial charge in [0.15, 0.2) is 18.1 Å². The van der Waals surface area contributed by atoms with Gasteiger partial charge in [0.2, 0.25) is 5.69 Å². The van der Waals surface area contributed by atoms with Crippen LogP contribution < -0.4 is 4.73 Å². The van der Waals surface area contributed by atoms with E-state index in [2.05, 4.69) is 30.7 Å². The molecule has 0 amide bonds. The highest BCUT2D eigenvalue weighted by Gasteiger charge is 2.36. The maximum atomic E-state index is 15.3. The van der Waals surface area contributed by atoms with E-state index >= 15 is 4.39 Å². The van der Waals surface area contributed by atoms with E-state index in [-0.39, 0.29) is 34.1 Å². The molecule has 0 radical (unpaired) electrons. The van der Waals surface area contributed by atoms with E-state index in [0.29, 0.717) is 10.3 Å². The van der Waals surface area contributed by atoms with Gasteiger partial charge in [-0.05, 0) is 52.4 Å². The molecule has 6 rings (SSSR count). The van der Waals surface area contributed by atoms with E-state index in [9.17, 15) is 18.4 Å². The number of rotatable bonds is 7. The summed E-state index contributed by atoms with van der Waals surface area (Å²) in [6.45, 7) is -0.387. The molecule has 0 saturated carbocycles. The summed E-state index contributed by atoms with van der Waals surface area (Å²) in [7, 11) is 0. The number of alkyl halides is 3. The molecule has 6 aromatic rings. The quantitative estimate of drug-likeness (QED) is 0.151. The Morgan fingerprint density at radius 1 is 0.952 bits per heavy atom. The normalized spacial score (nSPS) is 12.5. The maximum Gasteiger partial charge on any atom is 0.433 e. The van der Waals surface area contributed by atoms with Gasteiger partial charge < -0.3 is 5.21 Å². The lowest BCUT2D eigenvalue weighted by atomic mass is 10.0. The van der Waals surface area contributed by atoms with Crippen LogP contribution in [0.25, 0.3) is 27.9 Å². The average molecular weight is 597 g/mol. The number of tetrazole rings is 1. The van der Waals surface area contributed by atoms with Gasteiger partial charge in [-0.25, -0.2) is 4.39 Å². The van der Waals surface area contributed by atoms with E-state index in [1.54, 1.807) is 30.7 Å². The van der Waals surface area contributed by atoms with Crippen LogP contribution in [0.15, 0.2) is 86.0 Å². The number of aromatic nitrogens is 10. The molecule has 5 heterocycles. The summed E-state index contributed by atoms with van der Waals surface area (Å²) in [5.41, 5.74) is 0.751. The standard InChI is InChI=1S/C26H17ClF4N10O/c27-19-2-4-21(40-15-33-36-37-40)24(25(19)28)17-1-3-20(41(42)13-17)22(14-39-23(7-10-34-39)26(29,30)31)38-12-18(11-35-38)16-5-8-32-9-6-16/h1-13,15,22H,14H2. The molecule has 0 spiro atoms. The smallest absolute Gasteiger partial charge is 0.433 e. The lowest BCUT2D eigenvalue weighted by Crippen LogP contribution is -2.37. The van der Waals surface area contributed by atoms with Gasteiger partial charge in [-0.2, -0.15) is 32.8 Å². The molecule has 0 bridgehead atoms. The SMILES string of the molecule is [O-][n+]1cc(-c2c(-n3cnnn3)ccc(Cl)c2F)ccc1C(Cn1nccc1C(F)(F)F)n1cc(-c2ccncc2)cn1. The highest BCUT2D eigenvalue weighted by atomic mass is 35.5. The maximum absolute atomic E-state index is 15.3. The largest absolute Gasteiger partial charge is 0.618 e. The van der Waals surface area contributed by atoms with Crippen LogP contribution in [0.3, 0.4) is 0 Å². The second-order valence-electron chi connectivity index (χ2n) is 9.04. The van der Waals surface area contributed by atoms with Crippen LogP contribution in [-0.4, -0.2) is 44.8 Å². The van der Waals surface area contributed by atoms with Crippen LogP contribution in [0.4, 0.5) is 17.6 Å². The van der Waals surface area contributed by atoms with Crippen molar-refractivity contribution >= 4 is 11.6 Å². The summed E-state index contributed by atoms with van der Waals surface area (Å²) in [6, 6.07) is 8.96. The van der Waals surface area contributed by atoms with Gasteiger partial charge in [-0.3, -0.25) is 14.3 Å². The Morgan fingerprint density at radius 2 is 1.76 bits per heavy atom. The number of nitrogens with zero attached hydrogens (tertiary/aromatic N) is 10. The first-order valence-electron chi connectivity index (χ1n) is 12.2. The number of pyridine rings is 2. The van der Waals surface area contributed by atoms with Crippen molar-refractivity contribution in [1.82, 2.24) is 44.8 Å². The number of benzene rings is 1. The third-order valence-corrected chi connectivity index (χ3v) is 6.82. The molecule has 0 aliphatic rings. The predicted octanol–water partition coefficient (Wildman–Crippen LogP) is 4.52. The van der Waals surface area contributed by atoms with Crippen LogP contribution in [0.5, 0.6) is 0 Å². The Balaban J connectivity index is 1.46. The Bertz CT molecular complexity index is 1860. The zero-order valence-electron chi connectivity index (χ0n) is 21.1. The fourth-order valence-electron chi connectivity index (χ4n) is 4.57. The Labute approximate surface area is 238 Å². The van der Waals surface area contributed by atoms with Crippen LogP contribution in [0.2, 0.25) is 5.02 Å². The predicted molar refractivity (Wildman–Crippen MR) is 139 cm³/mol. The van der Waals surface area contributed by atoms with Crippen molar-refractivity contribution in [3.63, 3.8) is 0 Å². The van der Waals surface area contributed by atoms with Crippen LogP contribution in [0.1, 0.15) is 17.4 Å². The van der Waals surface area contributed by atoms with E-state index in [1.807, 2.05) is 0 Å². The lowest BCUT2D eigenvalue weighted by molar-refractivity contribution is -0.615. The molecule has 16 heteroatoms. The van der Waals surface area contributed by atoms with E-state index < -0.39 is 23.7 Å². The highest BCUT2D eigenvalue weighted by Crippen LogP contribution is 2.34. The average Bonchev–Trinajstić information content (AvgIpc) is 3.76. The molecule has 0 fully saturated rings. The van der Waals surface area contributed by atoms with Crippen molar-refractivity contribution in [3.05, 3.63) is 113 Å². The van der Waals surface area contributed by atoms with Gasteiger partial charge in [-0.1, -0.05) is 11.6 Å². The third kappa shape index (κ3) is 5.05. The van der Waals surface area contributed by atoms with Crippen molar-refractivity contribution < 1.29 is 22.3 Å². The molecule has 1 aromatic carbocycles.